The van der Waals surface area contributed by atoms with Crippen LogP contribution in [0.5, 0.6) is 0 Å². The summed E-state index contributed by atoms with van der Waals surface area (Å²) in [4.78, 5) is 22.8. The van der Waals surface area contributed by atoms with Gasteiger partial charge in [-0.3, -0.25) is 0 Å². The molecule has 0 aromatic rings. The molecular formula is C11H21NO4. The third-order valence-corrected chi connectivity index (χ3v) is 1.67. The zero-order valence-electron chi connectivity index (χ0n) is 10.6. The average Bonchev–Trinajstić information content (AvgIpc) is 2.11. The molecule has 94 valence electrons. The molecule has 1 N–H and O–H groups in total. The molecule has 1 amide bonds. The van der Waals surface area contributed by atoms with Crippen LogP contribution in [0.25, 0.3) is 0 Å². The van der Waals surface area contributed by atoms with Crippen LogP contribution < -0.4 is 5.32 Å². The lowest BCUT2D eigenvalue weighted by atomic mass is 10.2. The minimum absolute atomic E-state index is 0.297. The fraction of sp³-hybridized carbons (Fsp3) is 0.818. The summed E-state index contributed by atoms with van der Waals surface area (Å²) < 4.78 is 9.86. The Kier molecular flexibility index (Phi) is 5.85. The van der Waals surface area contributed by atoms with E-state index in [1.54, 1.807) is 34.6 Å². The van der Waals surface area contributed by atoms with Gasteiger partial charge < -0.3 is 14.8 Å². The van der Waals surface area contributed by atoms with E-state index in [0.717, 1.165) is 0 Å². The summed E-state index contributed by atoms with van der Waals surface area (Å²) in [7, 11) is 0. The summed E-state index contributed by atoms with van der Waals surface area (Å²) in [5, 5.41) is 2.47. The van der Waals surface area contributed by atoms with E-state index in [0.29, 0.717) is 13.0 Å². The van der Waals surface area contributed by atoms with Gasteiger partial charge in [0.25, 0.3) is 0 Å². The van der Waals surface area contributed by atoms with E-state index >= 15 is 0 Å². The van der Waals surface area contributed by atoms with Crippen LogP contribution in [-0.4, -0.2) is 30.3 Å². The van der Waals surface area contributed by atoms with Gasteiger partial charge in [-0.25, -0.2) is 9.59 Å². The van der Waals surface area contributed by atoms with Crippen LogP contribution in [0.15, 0.2) is 0 Å². The zero-order valence-corrected chi connectivity index (χ0v) is 10.6. The van der Waals surface area contributed by atoms with Gasteiger partial charge >= 0.3 is 12.1 Å². The molecule has 0 unspecified atom stereocenters. The first kappa shape index (κ1) is 14.7. The van der Waals surface area contributed by atoms with Gasteiger partial charge in [0, 0.05) is 0 Å². The summed E-state index contributed by atoms with van der Waals surface area (Å²) in [6.45, 7) is 9.09. The minimum atomic E-state index is -0.644. The van der Waals surface area contributed by atoms with Crippen molar-refractivity contribution in [2.75, 3.05) is 6.61 Å². The highest BCUT2D eigenvalue weighted by Gasteiger charge is 2.23. The molecule has 0 aromatic carbocycles. The molecule has 0 aromatic heterocycles. The number of rotatable bonds is 4. The molecule has 0 saturated heterocycles. The van der Waals surface area contributed by atoms with E-state index in [1.807, 2.05) is 0 Å². The first-order valence-electron chi connectivity index (χ1n) is 5.46. The normalized spacial score (nSPS) is 12.8. The minimum Gasteiger partial charge on any atom is -0.464 e. The van der Waals surface area contributed by atoms with Crippen LogP contribution in [0.2, 0.25) is 0 Å². The van der Waals surface area contributed by atoms with Gasteiger partial charge in [-0.15, -0.1) is 0 Å². The summed E-state index contributed by atoms with van der Waals surface area (Å²) in [6.07, 6.45) is -0.134. The molecule has 0 aliphatic carbocycles. The summed E-state index contributed by atoms with van der Waals surface area (Å²) in [6, 6.07) is -0.644. The van der Waals surface area contributed by atoms with Crippen LogP contribution in [0.4, 0.5) is 4.79 Å². The first-order chi connectivity index (χ1) is 7.30. The number of carbonyl (C=O) groups is 2. The van der Waals surface area contributed by atoms with Crippen LogP contribution in [0.1, 0.15) is 41.0 Å². The lowest BCUT2D eigenvalue weighted by Crippen LogP contribution is -2.43. The molecule has 0 radical (unpaired) electrons. The van der Waals surface area contributed by atoms with Gasteiger partial charge in [0.1, 0.15) is 11.6 Å². The van der Waals surface area contributed by atoms with Gasteiger partial charge in [-0.2, -0.15) is 0 Å². The Morgan fingerprint density at radius 2 is 1.81 bits per heavy atom. The van der Waals surface area contributed by atoms with Crippen LogP contribution in [-0.2, 0) is 14.3 Å². The van der Waals surface area contributed by atoms with Crippen molar-refractivity contribution in [1.82, 2.24) is 5.32 Å². The van der Waals surface area contributed by atoms with E-state index in [2.05, 4.69) is 5.32 Å². The summed E-state index contributed by atoms with van der Waals surface area (Å²) in [5.41, 5.74) is -0.572. The number of esters is 1. The summed E-state index contributed by atoms with van der Waals surface area (Å²) in [5.74, 6) is -0.434. The lowest BCUT2D eigenvalue weighted by Gasteiger charge is -2.22. The van der Waals surface area contributed by atoms with Gasteiger partial charge in [-0.1, -0.05) is 6.92 Å². The molecule has 0 fully saturated rings. The van der Waals surface area contributed by atoms with E-state index in [-0.39, 0.29) is 0 Å². The topological polar surface area (TPSA) is 64.6 Å². The Bertz CT molecular complexity index is 245. The van der Waals surface area contributed by atoms with E-state index in [1.165, 1.54) is 0 Å². The van der Waals surface area contributed by atoms with Crippen LogP contribution >= 0.6 is 0 Å². The summed E-state index contributed by atoms with van der Waals surface area (Å²) >= 11 is 0. The predicted octanol–water partition coefficient (Wildman–Crippen LogP) is 1.85. The predicted molar refractivity (Wildman–Crippen MR) is 60.1 cm³/mol. The maximum Gasteiger partial charge on any atom is 0.408 e. The van der Waals surface area contributed by atoms with Crippen molar-refractivity contribution >= 4 is 12.1 Å². The molecule has 5 nitrogen and oxygen atoms in total. The van der Waals surface area contributed by atoms with Crippen molar-refractivity contribution in [3.05, 3.63) is 0 Å². The Hall–Kier alpha value is -1.26. The second-order valence-electron chi connectivity index (χ2n) is 4.36. The van der Waals surface area contributed by atoms with Crippen molar-refractivity contribution in [1.29, 1.82) is 0 Å². The number of carbonyl (C=O) groups excluding carboxylic acids is 2. The zero-order chi connectivity index (χ0) is 12.8. The Morgan fingerprint density at radius 3 is 2.19 bits per heavy atom. The number of alkyl carbamates (subject to hydrolysis) is 1. The monoisotopic (exact) mass is 231 g/mol. The van der Waals surface area contributed by atoms with E-state index in [4.69, 9.17) is 9.47 Å². The standard InChI is InChI=1S/C11H21NO4/c1-6-8(9(13)15-7-2)12-10(14)16-11(3,4)5/h8H,6-7H2,1-5H3,(H,12,14)/t8-/m1/s1. The van der Waals surface area contributed by atoms with Crippen LogP contribution in [0.3, 0.4) is 0 Å². The maximum atomic E-state index is 11.4. The highest BCUT2D eigenvalue weighted by atomic mass is 16.6. The largest absolute Gasteiger partial charge is 0.464 e. The highest BCUT2D eigenvalue weighted by Crippen LogP contribution is 2.07. The molecule has 0 rings (SSSR count). The quantitative estimate of drug-likeness (QED) is 0.750. The number of hydrogen-bond donors (Lipinski definition) is 1. The van der Waals surface area contributed by atoms with Gasteiger partial charge in [0.15, 0.2) is 0 Å². The van der Waals surface area contributed by atoms with Crippen molar-refractivity contribution < 1.29 is 19.1 Å². The van der Waals surface area contributed by atoms with Crippen molar-refractivity contribution in [3.8, 4) is 0 Å². The highest BCUT2D eigenvalue weighted by molar-refractivity contribution is 5.81. The molecule has 1 atom stereocenters. The lowest BCUT2D eigenvalue weighted by molar-refractivity contribution is -0.145. The maximum absolute atomic E-state index is 11.4. The first-order valence-corrected chi connectivity index (χ1v) is 5.46. The number of ether oxygens (including phenoxy) is 2. The van der Waals surface area contributed by atoms with Crippen molar-refractivity contribution in [2.45, 2.75) is 52.7 Å². The fourth-order valence-corrected chi connectivity index (χ4v) is 1.02. The average molecular weight is 231 g/mol. The molecule has 0 bridgehead atoms. The molecule has 0 spiro atoms. The molecule has 0 saturated carbocycles. The van der Waals surface area contributed by atoms with Crippen molar-refractivity contribution in [3.63, 3.8) is 0 Å². The van der Waals surface area contributed by atoms with Gasteiger partial charge in [0.05, 0.1) is 6.61 Å². The number of nitrogens with one attached hydrogen (secondary N) is 1. The Labute approximate surface area is 96.5 Å². The molecule has 5 heteroatoms. The third-order valence-electron chi connectivity index (χ3n) is 1.67. The Balaban J connectivity index is 4.22. The fourth-order valence-electron chi connectivity index (χ4n) is 1.02. The molecule has 16 heavy (non-hydrogen) atoms. The molecule has 0 aliphatic rings. The molecule has 0 heterocycles. The number of hydrogen-bond acceptors (Lipinski definition) is 4. The second-order valence-corrected chi connectivity index (χ2v) is 4.36. The number of amides is 1. The van der Waals surface area contributed by atoms with Gasteiger partial charge in [0.2, 0.25) is 0 Å². The molecular weight excluding hydrogens is 210 g/mol. The Morgan fingerprint density at radius 1 is 1.25 bits per heavy atom. The third kappa shape index (κ3) is 6.27. The smallest absolute Gasteiger partial charge is 0.408 e. The van der Waals surface area contributed by atoms with Gasteiger partial charge in [-0.05, 0) is 34.1 Å². The SMILES string of the molecule is CCOC(=O)[C@@H](CC)NC(=O)OC(C)(C)C. The van der Waals surface area contributed by atoms with Crippen LogP contribution in [0, 0.1) is 0 Å². The van der Waals surface area contributed by atoms with E-state index in [9.17, 15) is 9.59 Å². The molecule has 0 aliphatic heterocycles. The van der Waals surface area contributed by atoms with E-state index < -0.39 is 23.7 Å². The van der Waals surface area contributed by atoms with Crippen molar-refractivity contribution in [2.24, 2.45) is 0 Å². The second kappa shape index (κ2) is 6.35.